The molecule has 1 spiro atoms. The van der Waals surface area contributed by atoms with Gasteiger partial charge in [-0.15, -0.1) is 0 Å². The number of hydrogen-bond acceptors (Lipinski definition) is 4. The van der Waals surface area contributed by atoms with Crippen LogP contribution >= 0.6 is 0 Å². The van der Waals surface area contributed by atoms with Crippen molar-refractivity contribution in [2.75, 3.05) is 19.6 Å². The summed E-state index contributed by atoms with van der Waals surface area (Å²) in [6.07, 6.45) is 0. The predicted molar refractivity (Wildman–Crippen MR) is 459 cm³/mol. The maximum atomic E-state index is 2.56. The molecule has 0 saturated carbocycles. The van der Waals surface area contributed by atoms with Crippen molar-refractivity contribution >= 4 is 134 Å². The Bertz CT molecular complexity index is 6180. The number of nitrogens with zero attached hydrogens (tertiary/aromatic N) is 7. The highest BCUT2D eigenvalue weighted by atomic mass is 15.2. The Morgan fingerprint density at radius 2 is 0.455 bits per heavy atom. The molecule has 2 aliphatic rings. The lowest BCUT2D eigenvalue weighted by Crippen LogP contribution is -2.33. The molecular weight excluding hydrogens is 1340 g/mol. The molecule has 0 amide bonds. The molecule has 22 rings (SSSR count). The van der Waals surface area contributed by atoms with Crippen LogP contribution in [0.2, 0.25) is 0 Å². The minimum Gasteiger partial charge on any atom is -0.310 e. The number of anilines is 12. The van der Waals surface area contributed by atoms with Gasteiger partial charge in [-0.1, -0.05) is 212 Å². The van der Waals surface area contributed by atoms with Crippen LogP contribution in [-0.2, 0) is 5.41 Å². The molecule has 20 aromatic rings. The SMILES string of the molecule is c1ccc(N(c2ccccc2)c2ccc3c(c2)c2cc(N(c4ccccc4)c4ccccc4)ccc2n3-c2ccc3c(c2)C2(c4cc(-n5c6ccc(N(c7ccccc7)c7ccccc7)cc6c6cc(N(c7ccccc7)c7ccccc7)ccc65)ccc4-3)c3ccccc3-n3c4ccccc4c4cccc2c43)cc1. The second-order valence-corrected chi connectivity index (χ2v) is 28.8. The van der Waals surface area contributed by atoms with E-state index < -0.39 is 5.41 Å². The largest absolute Gasteiger partial charge is 0.310 e. The molecule has 4 heterocycles. The first kappa shape index (κ1) is 62.7. The molecule has 0 radical (unpaired) electrons. The molecule has 0 fully saturated rings. The van der Waals surface area contributed by atoms with Crippen LogP contribution in [0, 0.1) is 0 Å². The second kappa shape index (κ2) is 25.3. The van der Waals surface area contributed by atoms with E-state index in [1.165, 1.54) is 60.9 Å². The maximum Gasteiger partial charge on any atom is 0.0756 e. The lowest BCUT2D eigenvalue weighted by Gasteiger charge is -2.40. The zero-order valence-electron chi connectivity index (χ0n) is 60.0. The van der Waals surface area contributed by atoms with E-state index in [0.717, 1.165) is 123 Å². The zero-order chi connectivity index (χ0) is 72.4. The molecule has 0 atom stereocenters. The number of hydrogen-bond donors (Lipinski definition) is 0. The summed E-state index contributed by atoms with van der Waals surface area (Å²) in [5.41, 5.74) is 29.6. The fraction of sp³-hybridized carbons (Fsp3) is 0.00971. The quantitative estimate of drug-likeness (QED) is 0.108. The summed E-state index contributed by atoms with van der Waals surface area (Å²) in [5, 5.41) is 7.04. The number of rotatable bonds is 14. The summed E-state index contributed by atoms with van der Waals surface area (Å²) in [6.45, 7) is 0. The first-order valence-electron chi connectivity index (χ1n) is 37.8. The van der Waals surface area contributed by atoms with Gasteiger partial charge in [0.1, 0.15) is 0 Å². The average molecular weight is 1400 g/mol. The normalized spacial score (nSPS) is 12.4. The number of benzene rings is 17. The number of para-hydroxylation sites is 11. The summed E-state index contributed by atoms with van der Waals surface area (Å²) in [6, 6.07) is 154. The molecule has 7 heteroatoms. The van der Waals surface area contributed by atoms with Crippen molar-refractivity contribution in [3.05, 3.63) is 441 Å². The third kappa shape index (κ3) is 9.64. The van der Waals surface area contributed by atoms with Gasteiger partial charge >= 0.3 is 0 Å². The van der Waals surface area contributed by atoms with Crippen LogP contribution in [0.25, 0.3) is 93.6 Å². The van der Waals surface area contributed by atoms with Gasteiger partial charge in [0.25, 0.3) is 0 Å². The van der Waals surface area contributed by atoms with Crippen molar-refractivity contribution < 1.29 is 0 Å². The van der Waals surface area contributed by atoms with Crippen molar-refractivity contribution in [2.45, 2.75) is 5.41 Å². The molecule has 1 aliphatic carbocycles. The molecule has 516 valence electrons. The van der Waals surface area contributed by atoms with Crippen LogP contribution in [0.1, 0.15) is 22.3 Å². The molecular formula is C103H69N7. The molecule has 7 nitrogen and oxygen atoms in total. The Hall–Kier alpha value is -14.7. The standard InChI is InChI=1S/C103H69N7/c1-9-30-70(31-10-1)104(71-32-11-2-12-33-71)78-54-60-97-88(64-78)89-65-79(105(72-34-13-3-14-35-72)73-36-15-4-16-37-73)55-61-98(89)108(97)82-52-58-84-85-59-53-83(69-95(85)103(94(84)68-82)92-48-26-28-51-101(92)110-96-50-27-25-46-86(96)87-47-29-49-93(103)102(87)110)109-99-62-56-80(106(74-38-17-5-18-39-74)75-40-19-6-20-41-75)66-90(99)91-67-81(57-63-100(91)109)107(76-42-21-7-22-43-76)77-44-23-8-24-45-77/h1-69H. The highest BCUT2D eigenvalue weighted by Gasteiger charge is 2.51. The van der Waals surface area contributed by atoms with E-state index in [0.29, 0.717) is 0 Å². The Labute approximate surface area is 637 Å². The molecule has 0 N–H and O–H groups in total. The van der Waals surface area contributed by atoms with Gasteiger partial charge < -0.3 is 33.3 Å². The van der Waals surface area contributed by atoms with Crippen molar-refractivity contribution in [3.8, 4) is 28.2 Å². The Kier molecular flexibility index (Phi) is 14.4. The van der Waals surface area contributed by atoms with Crippen molar-refractivity contribution in [3.63, 3.8) is 0 Å². The van der Waals surface area contributed by atoms with Crippen molar-refractivity contribution in [1.82, 2.24) is 13.7 Å². The Balaban J connectivity index is 0.799. The summed E-state index contributed by atoms with van der Waals surface area (Å²) >= 11 is 0. The van der Waals surface area contributed by atoms with Crippen LogP contribution in [0.15, 0.2) is 419 Å². The minimum absolute atomic E-state index is 0.829. The van der Waals surface area contributed by atoms with Gasteiger partial charge in [0.05, 0.1) is 44.2 Å². The number of fused-ring (bicyclic) bond motifs is 18. The van der Waals surface area contributed by atoms with E-state index in [-0.39, 0.29) is 0 Å². The first-order chi connectivity index (χ1) is 54.6. The van der Waals surface area contributed by atoms with Gasteiger partial charge in [-0.3, -0.25) is 0 Å². The van der Waals surface area contributed by atoms with Crippen LogP contribution in [0.3, 0.4) is 0 Å². The van der Waals surface area contributed by atoms with E-state index in [2.05, 4.69) is 452 Å². The van der Waals surface area contributed by atoms with E-state index >= 15 is 0 Å². The van der Waals surface area contributed by atoms with E-state index in [9.17, 15) is 0 Å². The van der Waals surface area contributed by atoms with Crippen LogP contribution in [0.5, 0.6) is 0 Å². The van der Waals surface area contributed by atoms with Crippen LogP contribution in [-0.4, -0.2) is 13.7 Å². The van der Waals surface area contributed by atoms with Gasteiger partial charge in [0, 0.05) is 112 Å². The topological polar surface area (TPSA) is 27.8 Å². The molecule has 0 bridgehead atoms. The third-order valence-electron chi connectivity index (χ3n) is 22.9. The highest BCUT2D eigenvalue weighted by molar-refractivity contribution is 6.16. The molecule has 17 aromatic carbocycles. The lowest BCUT2D eigenvalue weighted by molar-refractivity contribution is 0.747. The third-order valence-corrected chi connectivity index (χ3v) is 22.9. The molecule has 0 saturated heterocycles. The smallest absolute Gasteiger partial charge is 0.0756 e. The van der Waals surface area contributed by atoms with E-state index in [1.54, 1.807) is 0 Å². The fourth-order valence-electron chi connectivity index (χ4n) is 18.4. The molecule has 0 unspecified atom stereocenters. The predicted octanol–water partition coefficient (Wildman–Crippen LogP) is 27.5. The van der Waals surface area contributed by atoms with Gasteiger partial charge in [-0.25, -0.2) is 0 Å². The van der Waals surface area contributed by atoms with Gasteiger partial charge in [-0.05, 0) is 240 Å². The minimum atomic E-state index is -0.829. The monoisotopic (exact) mass is 1400 g/mol. The molecule has 3 aromatic heterocycles. The van der Waals surface area contributed by atoms with E-state index in [4.69, 9.17) is 0 Å². The first-order valence-corrected chi connectivity index (χ1v) is 37.8. The Morgan fingerprint density at radius 1 is 0.173 bits per heavy atom. The molecule has 1 aliphatic heterocycles. The summed E-state index contributed by atoms with van der Waals surface area (Å²) in [4.78, 5) is 9.51. The van der Waals surface area contributed by atoms with Crippen LogP contribution in [0.4, 0.5) is 68.2 Å². The zero-order valence-corrected chi connectivity index (χ0v) is 60.0. The lowest BCUT2D eigenvalue weighted by atomic mass is 9.65. The summed E-state index contributed by atoms with van der Waals surface area (Å²) < 4.78 is 7.62. The highest BCUT2D eigenvalue weighted by Crippen LogP contribution is 2.62. The van der Waals surface area contributed by atoms with Gasteiger partial charge in [0.2, 0.25) is 0 Å². The van der Waals surface area contributed by atoms with Gasteiger partial charge in [0.15, 0.2) is 0 Å². The van der Waals surface area contributed by atoms with Crippen LogP contribution < -0.4 is 19.6 Å². The fourth-order valence-corrected chi connectivity index (χ4v) is 18.4. The maximum absolute atomic E-state index is 2.56. The van der Waals surface area contributed by atoms with Crippen molar-refractivity contribution in [2.24, 2.45) is 0 Å². The second-order valence-electron chi connectivity index (χ2n) is 28.8. The molecule has 110 heavy (non-hydrogen) atoms. The van der Waals surface area contributed by atoms with E-state index in [1.807, 2.05) is 0 Å². The summed E-state index contributed by atoms with van der Waals surface area (Å²) in [7, 11) is 0. The van der Waals surface area contributed by atoms with Gasteiger partial charge in [-0.2, -0.15) is 0 Å². The number of aromatic nitrogens is 3. The van der Waals surface area contributed by atoms with Crippen molar-refractivity contribution in [1.29, 1.82) is 0 Å². The average Bonchev–Trinajstić information content (AvgIpc) is 1.46. The summed E-state index contributed by atoms with van der Waals surface area (Å²) in [5.74, 6) is 0. The Morgan fingerprint density at radius 3 is 0.800 bits per heavy atom.